The zero-order valence-corrected chi connectivity index (χ0v) is 12.2. The molecule has 3 rings (SSSR count). The summed E-state index contributed by atoms with van der Waals surface area (Å²) in [6, 6.07) is 2.17. The Bertz CT molecular complexity index is 717. The maximum Gasteiger partial charge on any atom is 0.226 e. The van der Waals surface area contributed by atoms with E-state index in [4.69, 9.17) is 0 Å². The Morgan fingerprint density at radius 1 is 1.35 bits per heavy atom. The van der Waals surface area contributed by atoms with Crippen molar-refractivity contribution < 1.29 is 0 Å². The lowest BCUT2D eigenvalue weighted by molar-refractivity contribution is 1.06. The smallest absolute Gasteiger partial charge is 0.226 e. The highest BCUT2D eigenvalue weighted by Crippen LogP contribution is 2.23. The van der Waals surface area contributed by atoms with Crippen LogP contribution in [0, 0.1) is 0 Å². The lowest BCUT2D eigenvalue weighted by Crippen LogP contribution is -2.05. The minimum atomic E-state index is 0.575. The largest absolute Gasteiger partial charge is 0.364 e. The molecule has 3 aromatic heterocycles. The first-order valence-corrected chi connectivity index (χ1v) is 7.37. The summed E-state index contributed by atoms with van der Waals surface area (Å²) in [6.07, 6.45) is 2.79. The van der Waals surface area contributed by atoms with Gasteiger partial charge in [0.05, 0.1) is 18.1 Å². The Hall–Kier alpha value is -2.15. The molecule has 0 aliphatic heterocycles. The highest BCUT2D eigenvalue weighted by molar-refractivity contribution is 7.10. The summed E-state index contributed by atoms with van der Waals surface area (Å²) in [4.78, 5) is 10.1. The van der Waals surface area contributed by atoms with Gasteiger partial charge in [0.25, 0.3) is 0 Å². The summed E-state index contributed by atoms with van der Waals surface area (Å²) < 4.78 is 0. The summed E-state index contributed by atoms with van der Waals surface area (Å²) in [7, 11) is 1.80. The number of thiophene rings is 1. The first-order valence-electron chi connectivity index (χ1n) is 6.49. The minimum absolute atomic E-state index is 0.575. The molecule has 0 aromatic carbocycles. The van der Waals surface area contributed by atoms with Gasteiger partial charge in [0.1, 0.15) is 5.82 Å². The maximum absolute atomic E-state index is 4.46. The molecule has 104 valence electrons. The fourth-order valence-corrected chi connectivity index (χ4v) is 3.00. The van der Waals surface area contributed by atoms with E-state index < -0.39 is 0 Å². The van der Waals surface area contributed by atoms with E-state index >= 15 is 0 Å². The van der Waals surface area contributed by atoms with Crippen molar-refractivity contribution in [1.82, 2.24) is 20.2 Å². The molecule has 0 aliphatic carbocycles. The second kappa shape index (κ2) is 5.46. The van der Waals surface area contributed by atoms with Crippen molar-refractivity contribution in [2.45, 2.75) is 19.9 Å². The van der Waals surface area contributed by atoms with E-state index in [0.29, 0.717) is 5.95 Å². The minimum Gasteiger partial charge on any atom is -0.364 e. The molecule has 3 aromatic rings. The van der Waals surface area contributed by atoms with Crippen molar-refractivity contribution in [3.8, 4) is 0 Å². The van der Waals surface area contributed by atoms with Crippen LogP contribution in [0.2, 0.25) is 0 Å². The van der Waals surface area contributed by atoms with Crippen molar-refractivity contribution >= 4 is 34.1 Å². The summed E-state index contributed by atoms with van der Waals surface area (Å²) >= 11 is 1.77. The van der Waals surface area contributed by atoms with Gasteiger partial charge in [-0.3, -0.25) is 5.10 Å². The molecule has 7 heteroatoms. The first kappa shape index (κ1) is 12.9. The van der Waals surface area contributed by atoms with Crippen LogP contribution in [0.15, 0.2) is 17.6 Å². The van der Waals surface area contributed by atoms with Gasteiger partial charge >= 0.3 is 0 Å². The Morgan fingerprint density at radius 2 is 2.25 bits per heavy atom. The van der Waals surface area contributed by atoms with Crippen LogP contribution in [0.5, 0.6) is 0 Å². The Labute approximate surface area is 120 Å². The van der Waals surface area contributed by atoms with Gasteiger partial charge in [-0.15, -0.1) is 11.3 Å². The molecule has 0 amide bonds. The van der Waals surface area contributed by atoms with Gasteiger partial charge in [-0.1, -0.05) is 6.92 Å². The van der Waals surface area contributed by atoms with Crippen molar-refractivity contribution in [3.05, 3.63) is 28.1 Å². The molecule has 0 radical (unpaired) electrons. The topological polar surface area (TPSA) is 78.5 Å². The number of hydrogen-bond acceptors (Lipinski definition) is 6. The maximum atomic E-state index is 4.46. The SMILES string of the molecule is CCc1ccsc1CNc1nc(NC)nc2[nH]ncc12. The van der Waals surface area contributed by atoms with Crippen LogP contribution in [0.3, 0.4) is 0 Å². The van der Waals surface area contributed by atoms with Crippen LogP contribution in [-0.2, 0) is 13.0 Å². The van der Waals surface area contributed by atoms with E-state index in [-0.39, 0.29) is 0 Å². The number of nitrogens with one attached hydrogen (secondary N) is 3. The van der Waals surface area contributed by atoms with Gasteiger partial charge in [0, 0.05) is 11.9 Å². The highest BCUT2D eigenvalue weighted by atomic mass is 32.1. The van der Waals surface area contributed by atoms with Crippen LogP contribution in [0.1, 0.15) is 17.4 Å². The molecule has 0 fully saturated rings. The van der Waals surface area contributed by atoms with Crippen molar-refractivity contribution in [1.29, 1.82) is 0 Å². The van der Waals surface area contributed by atoms with Gasteiger partial charge in [-0.05, 0) is 23.4 Å². The number of nitrogens with zero attached hydrogens (tertiary/aromatic N) is 3. The number of aryl methyl sites for hydroxylation is 1. The van der Waals surface area contributed by atoms with Gasteiger partial charge in [0.15, 0.2) is 5.65 Å². The van der Waals surface area contributed by atoms with E-state index in [1.165, 1.54) is 10.4 Å². The van der Waals surface area contributed by atoms with Crippen LogP contribution in [0.4, 0.5) is 11.8 Å². The standard InChI is InChI=1S/C13H16N6S/c1-3-8-4-5-20-10(8)7-15-11-9-6-16-19-12(9)18-13(14-2)17-11/h4-6H,3,7H2,1-2H3,(H3,14,15,16,17,18,19). The first-order chi connectivity index (χ1) is 9.81. The highest BCUT2D eigenvalue weighted by Gasteiger charge is 2.09. The van der Waals surface area contributed by atoms with E-state index in [9.17, 15) is 0 Å². The van der Waals surface area contributed by atoms with Crippen LogP contribution >= 0.6 is 11.3 Å². The zero-order chi connectivity index (χ0) is 13.9. The molecular formula is C13H16N6S. The number of fused-ring (bicyclic) bond motifs is 1. The van der Waals surface area contributed by atoms with Gasteiger partial charge in [-0.25, -0.2) is 0 Å². The Morgan fingerprint density at radius 3 is 3.05 bits per heavy atom. The number of aromatic amines is 1. The van der Waals surface area contributed by atoms with Crippen LogP contribution in [0.25, 0.3) is 11.0 Å². The fraction of sp³-hybridized carbons (Fsp3) is 0.308. The normalized spacial score (nSPS) is 10.9. The molecule has 0 aliphatic rings. The predicted molar refractivity (Wildman–Crippen MR) is 82.3 cm³/mol. The second-order valence-corrected chi connectivity index (χ2v) is 5.35. The predicted octanol–water partition coefficient (Wildman–Crippen LogP) is 2.63. The summed E-state index contributed by atoms with van der Waals surface area (Å²) in [5, 5.41) is 16.3. The molecular weight excluding hydrogens is 272 g/mol. The van der Waals surface area contributed by atoms with Crippen molar-refractivity contribution in [2.24, 2.45) is 0 Å². The van der Waals surface area contributed by atoms with E-state index in [0.717, 1.165) is 29.8 Å². The summed E-state index contributed by atoms with van der Waals surface area (Å²) in [5.41, 5.74) is 2.11. The van der Waals surface area contributed by atoms with E-state index in [2.05, 4.69) is 49.2 Å². The van der Waals surface area contributed by atoms with Crippen molar-refractivity contribution in [2.75, 3.05) is 17.7 Å². The van der Waals surface area contributed by atoms with Crippen LogP contribution < -0.4 is 10.6 Å². The number of hydrogen-bond donors (Lipinski definition) is 3. The Kier molecular flexibility index (Phi) is 3.51. The van der Waals surface area contributed by atoms with Gasteiger partial charge in [0.2, 0.25) is 5.95 Å². The lowest BCUT2D eigenvalue weighted by Gasteiger charge is -2.08. The molecule has 0 bridgehead atoms. The molecule has 0 atom stereocenters. The molecule has 0 spiro atoms. The quantitative estimate of drug-likeness (QED) is 0.672. The second-order valence-electron chi connectivity index (χ2n) is 4.35. The van der Waals surface area contributed by atoms with Crippen molar-refractivity contribution in [3.63, 3.8) is 0 Å². The monoisotopic (exact) mass is 288 g/mol. The molecule has 0 unspecified atom stereocenters. The molecule has 0 saturated heterocycles. The van der Waals surface area contributed by atoms with E-state index in [1.54, 1.807) is 24.6 Å². The van der Waals surface area contributed by atoms with E-state index in [1.807, 2.05) is 0 Å². The number of rotatable bonds is 5. The third-order valence-electron chi connectivity index (χ3n) is 3.17. The van der Waals surface area contributed by atoms with Crippen LogP contribution in [-0.4, -0.2) is 27.2 Å². The molecule has 6 nitrogen and oxygen atoms in total. The number of H-pyrrole nitrogens is 1. The molecule has 0 saturated carbocycles. The summed E-state index contributed by atoms with van der Waals surface area (Å²) in [5.74, 6) is 1.37. The fourth-order valence-electron chi connectivity index (χ4n) is 2.08. The molecule has 3 heterocycles. The third kappa shape index (κ3) is 2.32. The number of aromatic nitrogens is 4. The Balaban J connectivity index is 1.88. The summed E-state index contributed by atoms with van der Waals surface area (Å²) in [6.45, 7) is 2.94. The molecule has 3 N–H and O–H groups in total. The number of anilines is 2. The molecule has 20 heavy (non-hydrogen) atoms. The van der Waals surface area contributed by atoms with Gasteiger partial charge < -0.3 is 10.6 Å². The third-order valence-corrected chi connectivity index (χ3v) is 4.13. The lowest BCUT2D eigenvalue weighted by atomic mass is 10.2. The average Bonchev–Trinajstić information content (AvgIpc) is 3.12. The van der Waals surface area contributed by atoms with Gasteiger partial charge in [-0.2, -0.15) is 15.1 Å². The zero-order valence-electron chi connectivity index (χ0n) is 11.4. The average molecular weight is 288 g/mol.